The summed E-state index contributed by atoms with van der Waals surface area (Å²) in [6.07, 6.45) is 0. The number of amides is 1. The van der Waals surface area contributed by atoms with Crippen LogP contribution in [0.1, 0.15) is 31.9 Å². The molecular formula is C21H22Cl2N4O2. The Hall–Kier alpha value is -2.57. The lowest BCUT2D eigenvalue weighted by molar-refractivity contribution is -0.128. The van der Waals surface area contributed by atoms with Crippen molar-refractivity contribution in [2.24, 2.45) is 5.41 Å². The zero-order chi connectivity index (χ0) is 21.3. The Morgan fingerprint density at radius 3 is 2.48 bits per heavy atom. The molecule has 0 atom stereocenters. The van der Waals surface area contributed by atoms with E-state index in [9.17, 15) is 9.59 Å². The molecule has 3 rings (SSSR count). The maximum absolute atomic E-state index is 12.4. The smallest absolute Gasteiger partial charge is 0.348 e. The molecule has 3 aromatic rings. The summed E-state index contributed by atoms with van der Waals surface area (Å²) in [5.41, 5.74) is 2.01. The Morgan fingerprint density at radius 1 is 1.14 bits per heavy atom. The van der Waals surface area contributed by atoms with Gasteiger partial charge in [-0.25, -0.2) is 4.79 Å². The highest BCUT2D eigenvalue weighted by molar-refractivity contribution is 6.33. The number of carbonyl (C=O) groups excluding carboxylic acids is 1. The van der Waals surface area contributed by atoms with Gasteiger partial charge < -0.3 is 5.32 Å². The van der Waals surface area contributed by atoms with E-state index in [0.29, 0.717) is 33.7 Å². The van der Waals surface area contributed by atoms with Crippen molar-refractivity contribution in [3.05, 3.63) is 68.1 Å². The normalized spacial score (nSPS) is 11.5. The van der Waals surface area contributed by atoms with Gasteiger partial charge in [-0.15, -0.1) is 5.10 Å². The molecule has 2 aromatic carbocycles. The van der Waals surface area contributed by atoms with Gasteiger partial charge in [0.15, 0.2) is 5.82 Å². The molecule has 1 amide bonds. The van der Waals surface area contributed by atoms with Gasteiger partial charge in [-0.1, -0.05) is 50.0 Å². The average molecular weight is 433 g/mol. The van der Waals surface area contributed by atoms with Gasteiger partial charge in [0, 0.05) is 22.5 Å². The Morgan fingerprint density at radius 2 is 1.83 bits per heavy atom. The van der Waals surface area contributed by atoms with Crippen LogP contribution >= 0.6 is 23.2 Å². The van der Waals surface area contributed by atoms with E-state index < -0.39 is 5.41 Å². The van der Waals surface area contributed by atoms with Crippen LogP contribution in [0.5, 0.6) is 0 Å². The van der Waals surface area contributed by atoms with Gasteiger partial charge >= 0.3 is 5.69 Å². The highest BCUT2D eigenvalue weighted by atomic mass is 35.5. The largest absolute Gasteiger partial charge is 0.352 e. The standard InChI is InChI=1S/C21H22Cl2N4O2/c1-12-9-14(6-8-16(12)22)27-20(29)25-18(26-27)15-10-13(5-7-17(15)23)11-24-19(28)21(2,3)4/h5-10H,11H2,1-4H3,(H,24,28)(H,25,26,29). The van der Waals surface area contributed by atoms with E-state index in [1.165, 1.54) is 4.68 Å². The number of aromatic amines is 1. The minimum Gasteiger partial charge on any atom is -0.352 e. The summed E-state index contributed by atoms with van der Waals surface area (Å²) in [4.78, 5) is 27.3. The van der Waals surface area contributed by atoms with Crippen LogP contribution in [0.25, 0.3) is 17.1 Å². The van der Waals surface area contributed by atoms with Gasteiger partial charge in [-0.3, -0.25) is 9.78 Å². The zero-order valence-corrected chi connectivity index (χ0v) is 18.1. The van der Waals surface area contributed by atoms with Crippen molar-refractivity contribution < 1.29 is 4.79 Å². The van der Waals surface area contributed by atoms with E-state index in [4.69, 9.17) is 23.2 Å². The van der Waals surface area contributed by atoms with E-state index in [0.717, 1.165) is 11.1 Å². The van der Waals surface area contributed by atoms with Crippen molar-refractivity contribution in [3.63, 3.8) is 0 Å². The van der Waals surface area contributed by atoms with Crippen molar-refractivity contribution in [1.29, 1.82) is 0 Å². The molecule has 1 heterocycles. The number of carbonyl (C=O) groups is 1. The number of H-pyrrole nitrogens is 1. The number of nitrogens with one attached hydrogen (secondary N) is 2. The molecule has 1 aromatic heterocycles. The predicted octanol–water partition coefficient (Wildman–Crippen LogP) is 4.51. The molecule has 6 nitrogen and oxygen atoms in total. The fourth-order valence-corrected chi connectivity index (χ4v) is 3.02. The van der Waals surface area contributed by atoms with Crippen molar-refractivity contribution in [1.82, 2.24) is 20.1 Å². The zero-order valence-electron chi connectivity index (χ0n) is 16.6. The van der Waals surface area contributed by atoms with Crippen LogP contribution in [0.3, 0.4) is 0 Å². The molecule has 2 N–H and O–H groups in total. The van der Waals surface area contributed by atoms with Crippen LogP contribution in [-0.4, -0.2) is 20.7 Å². The fraction of sp³-hybridized carbons (Fsp3) is 0.286. The van der Waals surface area contributed by atoms with Crippen LogP contribution in [0.15, 0.2) is 41.2 Å². The van der Waals surface area contributed by atoms with E-state index >= 15 is 0 Å². The molecule has 0 aliphatic carbocycles. The molecule has 0 aliphatic rings. The minimum atomic E-state index is -0.476. The lowest BCUT2D eigenvalue weighted by Gasteiger charge is -2.17. The lowest BCUT2D eigenvalue weighted by Crippen LogP contribution is -2.34. The van der Waals surface area contributed by atoms with Gasteiger partial charge in [0.1, 0.15) is 0 Å². The molecule has 0 aliphatic heterocycles. The van der Waals surface area contributed by atoms with Gasteiger partial charge in [0.25, 0.3) is 0 Å². The summed E-state index contributed by atoms with van der Waals surface area (Å²) in [6.45, 7) is 7.76. The first kappa shape index (κ1) is 21.1. The molecule has 0 saturated carbocycles. The van der Waals surface area contributed by atoms with Crippen LogP contribution in [0.2, 0.25) is 10.0 Å². The minimum absolute atomic E-state index is 0.0511. The van der Waals surface area contributed by atoms with Crippen molar-refractivity contribution in [2.45, 2.75) is 34.2 Å². The van der Waals surface area contributed by atoms with E-state index in [-0.39, 0.29) is 11.6 Å². The third-order valence-electron chi connectivity index (χ3n) is 4.42. The van der Waals surface area contributed by atoms with E-state index in [1.54, 1.807) is 30.3 Å². The highest BCUT2D eigenvalue weighted by Gasteiger charge is 2.21. The second-order valence-electron chi connectivity index (χ2n) is 7.87. The fourth-order valence-electron chi connectivity index (χ4n) is 2.69. The van der Waals surface area contributed by atoms with E-state index in [2.05, 4.69) is 15.4 Å². The average Bonchev–Trinajstić information content (AvgIpc) is 3.03. The molecule has 8 heteroatoms. The van der Waals surface area contributed by atoms with Crippen molar-refractivity contribution in [3.8, 4) is 17.1 Å². The molecule has 0 fully saturated rings. The summed E-state index contributed by atoms with van der Waals surface area (Å²) in [5.74, 6) is 0.293. The second-order valence-corrected chi connectivity index (χ2v) is 8.69. The van der Waals surface area contributed by atoms with Gasteiger partial charge in [0.05, 0.1) is 10.7 Å². The summed E-state index contributed by atoms with van der Waals surface area (Å²) in [7, 11) is 0. The molecule has 0 unspecified atom stereocenters. The van der Waals surface area contributed by atoms with Gasteiger partial charge in [-0.2, -0.15) is 4.68 Å². The molecule has 152 valence electrons. The number of aromatic nitrogens is 3. The van der Waals surface area contributed by atoms with Crippen LogP contribution in [-0.2, 0) is 11.3 Å². The van der Waals surface area contributed by atoms with Gasteiger partial charge in [-0.05, 0) is 48.4 Å². The third kappa shape index (κ3) is 4.71. The highest BCUT2D eigenvalue weighted by Crippen LogP contribution is 2.26. The number of hydrogen-bond acceptors (Lipinski definition) is 3. The van der Waals surface area contributed by atoms with Gasteiger partial charge in [0.2, 0.25) is 5.91 Å². The molecule has 0 spiro atoms. The topological polar surface area (TPSA) is 79.8 Å². The number of aryl methyl sites for hydroxylation is 1. The molecule has 0 saturated heterocycles. The predicted molar refractivity (Wildman–Crippen MR) is 116 cm³/mol. The quantitative estimate of drug-likeness (QED) is 0.636. The maximum atomic E-state index is 12.4. The first-order valence-corrected chi connectivity index (χ1v) is 9.85. The Balaban J connectivity index is 1.92. The van der Waals surface area contributed by atoms with Crippen molar-refractivity contribution >= 4 is 29.1 Å². The SMILES string of the molecule is Cc1cc(-n2nc(-c3cc(CNC(=O)C(C)(C)C)ccc3Cl)[nH]c2=O)ccc1Cl. The molecular weight excluding hydrogens is 411 g/mol. The Kier molecular flexibility index (Phi) is 5.87. The Labute approximate surface area is 178 Å². The maximum Gasteiger partial charge on any atom is 0.348 e. The number of halogens is 2. The third-order valence-corrected chi connectivity index (χ3v) is 5.18. The second kappa shape index (κ2) is 8.05. The monoisotopic (exact) mass is 432 g/mol. The van der Waals surface area contributed by atoms with Crippen molar-refractivity contribution in [2.75, 3.05) is 0 Å². The first-order valence-electron chi connectivity index (χ1n) is 9.09. The first-order chi connectivity index (χ1) is 13.6. The molecule has 29 heavy (non-hydrogen) atoms. The van der Waals surface area contributed by atoms with Crippen LogP contribution < -0.4 is 11.0 Å². The number of benzene rings is 2. The number of rotatable bonds is 4. The summed E-state index contributed by atoms with van der Waals surface area (Å²) >= 11 is 12.4. The van der Waals surface area contributed by atoms with E-state index in [1.807, 2.05) is 33.8 Å². The summed E-state index contributed by atoms with van der Waals surface area (Å²) in [5, 5.41) is 8.35. The van der Waals surface area contributed by atoms with Crippen LogP contribution in [0, 0.1) is 12.3 Å². The molecule has 0 radical (unpaired) electrons. The Bertz CT molecular complexity index is 1130. The summed E-state index contributed by atoms with van der Waals surface area (Å²) in [6, 6.07) is 10.6. The lowest BCUT2D eigenvalue weighted by atomic mass is 9.95. The summed E-state index contributed by atoms with van der Waals surface area (Å²) < 4.78 is 1.27. The number of nitrogens with zero attached hydrogens (tertiary/aromatic N) is 2. The number of hydrogen-bond donors (Lipinski definition) is 2. The molecule has 0 bridgehead atoms. The van der Waals surface area contributed by atoms with Crippen LogP contribution in [0.4, 0.5) is 0 Å².